The van der Waals surface area contributed by atoms with Crippen molar-refractivity contribution in [3.63, 3.8) is 0 Å². The number of aliphatic hydroxyl groups is 3. The molecule has 1 heterocycles. The Morgan fingerprint density at radius 1 is 1.17 bits per heavy atom. The van der Waals surface area contributed by atoms with Gasteiger partial charge >= 0.3 is 6.18 Å². The second-order valence-electron chi connectivity index (χ2n) is 4.10. The molecule has 0 atom stereocenters. The number of aromatic nitrogens is 1. The molecular weight excluding hydrogens is 365 g/mol. The van der Waals surface area contributed by atoms with Crippen molar-refractivity contribution in [2.24, 2.45) is 0 Å². The van der Waals surface area contributed by atoms with Gasteiger partial charge in [0.05, 0.1) is 30.7 Å². The summed E-state index contributed by atoms with van der Waals surface area (Å²) in [4.78, 5) is 13.1. The fourth-order valence-electron chi connectivity index (χ4n) is 1.47. The van der Waals surface area contributed by atoms with Gasteiger partial charge in [-0.25, -0.2) is 4.98 Å². The number of aliphatic hydroxyl groups excluding tert-OH is 3. The number of quaternary nitrogens is 1. The Bertz CT molecular complexity index is 472. The van der Waals surface area contributed by atoms with Crippen LogP contribution in [0.15, 0.2) is 0 Å². The molecule has 0 amide bonds. The molecule has 0 aromatic carbocycles. The summed E-state index contributed by atoms with van der Waals surface area (Å²) in [5, 5.41) is 35.7. The molecule has 0 spiro atoms. The topological polar surface area (TPSA) is 118 Å². The van der Waals surface area contributed by atoms with Crippen molar-refractivity contribution in [3.8, 4) is 0 Å². The predicted octanol–water partition coefficient (Wildman–Crippen LogP) is -1.97. The predicted molar refractivity (Wildman–Crippen MR) is 73.3 cm³/mol. The van der Waals surface area contributed by atoms with Crippen molar-refractivity contribution < 1.29 is 43.3 Å². The molecule has 0 aliphatic heterocycles. The molecule has 0 saturated heterocycles. The Morgan fingerprint density at radius 2 is 1.61 bits per heavy atom. The highest BCUT2D eigenvalue weighted by molar-refractivity contribution is 7.17. The van der Waals surface area contributed by atoms with Gasteiger partial charge in [-0.3, -0.25) is 0 Å². The maximum atomic E-state index is 12.0. The maximum Gasteiger partial charge on any atom is 0.434 e. The van der Waals surface area contributed by atoms with Crippen LogP contribution in [0.4, 0.5) is 13.2 Å². The lowest BCUT2D eigenvalue weighted by Crippen LogP contribution is -3.13. The van der Waals surface area contributed by atoms with Gasteiger partial charge in [0.1, 0.15) is 19.6 Å². The SMILES string of the molecule is O=C([O-])c1sc(Cl)nc1C(F)(F)F.OCC[NH+](CCO)CCO. The van der Waals surface area contributed by atoms with Gasteiger partial charge in [0, 0.05) is 0 Å². The second kappa shape index (κ2) is 10.7. The van der Waals surface area contributed by atoms with Gasteiger partial charge < -0.3 is 30.1 Å². The van der Waals surface area contributed by atoms with Crippen molar-refractivity contribution in [2.75, 3.05) is 39.5 Å². The number of alkyl halides is 3. The number of carboxylic acids is 1. The Kier molecular flexibility index (Phi) is 10.3. The Balaban J connectivity index is 0.000000438. The first-order valence-corrected chi connectivity index (χ1v) is 7.47. The lowest BCUT2D eigenvalue weighted by Gasteiger charge is -2.15. The van der Waals surface area contributed by atoms with Gasteiger partial charge in [0.2, 0.25) is 0 Å². The minimum atomic E-state index is -4.82. The largest absolute Gasteiger partial charge is 0.544 e. The molecule has 1 rings (SSSR count). The molecule has 0 bridgehead atoms. The van der Waals surface area contributed by atoms with Crippen molar-refractivity contribution in [3.05, 3.63) is 15.0 Å². The van der Waals surface area contributed by atoms with Gasteiger partial charge in [0.25, 0.3) is 0 Å². The smallest absolute Gasteiger partial charge is 0.434 e. The zero-order valence-corrected chi connectivity index (χ0v) is 13.3. The van der Waals surface area contributed by atoms with E-state index in [1.165, 1.54) is 0 Å². The number of nitrogens with zero attached hydrogens (tertiary/aromatic N) is 1. The van der Waals surface area contributed by atoms with Crippen LogP contribution in [0.2, 0.25) is 4.47 Å². The number of thiazole rings is 1. The van der Waals surface area contributed by atoms with E-state index in [9.17, 15) is 23.1 Å². The summed E-state index contributed by atoms with van der Waals surface area (Å²) in [6.07, 6.45) is -4.82. The Labute approximate surface area is 138 Å². The van der Waals surface area contributed by atoms with E-state index in [-0.39, 0.29) is 31.2 Å². The monoisotopic (exact) mass is 380 g/mol. The van der Waals surface area contributed by atoms with Crippen molar-refractivity contribution in [1.29, 1.82) is 0 Å². The highest BCUT2D eigenvalue weighted by atomic mass is 35.5. The molecule has 1 aromatic rings. The average molecular weight is 381 g/mol. The third-order valence-corrected chi connectivity index (χ3v) is 3.59. The first kappa shape index (κ1) is 22.0. The summed E-state index contributed by atoms with van der Waals surface area (Å²) < 4.78 is 35.6. The van der Waals surface area contributed by atoms with Crippen LogP contribution in [-0.4, -0.2) is 65.7 Å². The Hall–Kier alpha value is -0.980. The quantitative estimate of drug-likeness (QED) is 0.436. The van der Waals surface area contributed by atoms with E-state index < -0.39 is 27.2 Å². The van der Waals surface area contributed by atoms with Crippen LogP contribution < -0.4 is 10.0 Å². The summed E-state index contributed by atoms with van der Waals surface area (Å²) in [6, 6.07) is 0. The number of rotatable bonds is 7. The Morgan fingerprint density at radius 3 is 1.87 bits per heavy atom. The van der Waals surface area contributed by atoms with E-state index in [0.717, 1.165) is 4.90 Å². The molecule has 0 unspecified atom stereocenters. The minimum absolute atomic E-state index is 0.106. The summed E-state index contributed by atoms with van der Waals surface area (Å²) in [6.45, 7) is 2.11. The number of hydrogen-bond donors (Lipinski definition) is 4. The minimum Gasteiger partial charge on any atom is -0.544 e. The van der Waals surface area contributed by atoms with Crippen LogP contribution in [0.25, 0.3) is 0 Å². The maximum absolute atomic E-state index is 12.0. The van der Waals surface area contributed by atoms with E-state index >= 15 is 0 Å². The van der Waals surface area contributed by atoms with Crippen LogP contribution in [-0.2, 0) is 6.18 Å². The molecule has 134 valence electrons. The summed E-state index contributed by atoms with van der Waals surface area (Å²) in [7, 11) is 0. The first-order chi connectivity index (χ1) is 10.7. The number of carbonyl (C=O) groups is 1. The molecule has 7 nitrogen and oxygen atoms in total. The van der Waals surface area contributed by atoms with Crippen LogP contribution >= 0.6 is 22.9 Å². The number of halogens is 4. The normalized spacial score (nSPS) is 11.3. The second-order valence-corrected chi connectivity index (χ2v) is 5.68. The highest BCUT2D eigenvalue weighted by Gasteiger charge is 2.37. The van der Waals surface area contributed by atoms with Crippen LogP contribution in [0.3, 0.4) is 0 Å². The molecular formula is C11H16ClF3N2O5S. The number of carbonyl (C=O) groups excluding carboxylic acids is 1. The van der Waals surface area contributed by atoms with Gasteiger partial charge in [-0.2, -0.15) is 13.2 Å². The zero-order valence-electron chi connectivity index (χ0n) is 11.8. The molecule has 0 saturated carbocycles. The summed E-state index contributed by atoms with van der Waals surface area (Å²) in [5.74, 6) is -1.93. The van der Waals surface area contributed by atoms with Crippen LogP contribution in [0.1, 0.15) is 15.4 Å². The van der Waals surface area contributed by atoms with Crippen molar-refractivity contribution >= 4 is 28.9 Å². The van der Waals surface area contributed by atoms with E-state index in [4.69, 9.17) is 26.9 Å². The van der Waals surface area contributed by atoms with E-state index in [1.54, 1.807) is 0 Å². The van der Waals surface area contributed by atoms with Gasteiger partial charge in [0.15, 0.2) is 10.2 Å². The van der Waals surface area contributed by atoms with Crippen molar-refractivity contribution in [2.45, 2.75) is 6.18 Å². The van der Waals surface area contributed by atoms with E-state index in [0.29, 0.717) is 19.6 Å². The fourth-order valence-corrected chi connectivity index (χ4v) is 2.44. The molecule has 0 fully saturated rings. The molecule has 4 N–H and O–H groups in total. The number of hydrogen-bond acceptors (Lipinski definition) is 7. The first-order valence-electron chi connectivity index (χ1n) is 6.28. The lowest BCUT2D eigenvalue weighted by molar-refractivity contribution is -0.901. The lowest BCUT2D eigenvalue weighted by atomic mass is 10.3. The number of nitrogens with one attached hydrogen (secondary N) is 1. The zero-order chi connectivity index (χ0) is 18.0. The average Bonchev–Trinajstić information content (AvgIpc) is 2.83. The number of carboxylic acid groups (broad SMARTS) is 1. The van der Waals surface area contributed by atoms with Gasteiger partial charge in [-0.1, -0.05) is 11.6 Å². The number of aromatic carboxylic acids is 1. The van der Waals surface area contributed by atoms with Gasteiger partial charge in [-0.05, 0) is 0 Å². The third-order valence-electron chi connectivity index (χ3n) is 2.45. The molecule has 0 radical (unpaired) electrons. The van der Waals surface area contributed by atoms with E-state index in [1.807, 2.05) is 0 Å². The third kappa shape index (κ3) is 8.44. The standard InChI is InChI=1S/C6H15NO3.C5HClF3NO2S/c8-4-1-7(2-5-9)3-6-10;6-4-10-2(5(7,8)9)1(13-4)3(11)12/h8-10H,1-6H2;(H,11,12). The summed E-state index contributed by atoms with van der Waals surface area (Å²) >= 11 is 5.35. The summed E-state index contributed by atoms with van der Waals surface area (Å²) in [5.41, 5.74) is -1.51. The van der Waals surface area contributed by atoms with Crippen LogP contribution in [0.5, 0.6) is 0 Å². The highest BCUT2D eigenvalue weighted by Crippen LogP contribution is 2.35. The van der Waals surface area contributed by atoms with E-state index in [2.05, 4.69) is 4.98 Å². The fraction of sp³-hybridized carbons (Fsp3) is 0.636. The van der Waals surface area contributed by atoms with Gasteiger partial charge in [-0.15, -0.1) is 11.3 Å². The molecule has 1 aromatic heterocycles. The molecule has 12 heteroatoms. The van der Waals surface area contributed by atoms with Crippen LogP contribution in [0, 0.1) is 0 Å². The van der Waals surface area contributed by atoms with Crippen molar-refractivity contribution in [1.82, 2.24) is 4.98 Å². The molecule has 23 heavy (non-hydrogen) atoms. The molecule has 0 aliphatic rings. The molecule has 0 aliphatic carbocycles.